The van der Waals surface area contributed by atoms with Gasteiger partial charge < -0.3 is 19.9 Å². The van der Waals surface area contributed by atoms with Gasteiger partial charge in [0.05, 0.1) is 31.2 Å². The summed E-state index contributed by atoms with van der Waals surface area (Å²) in [6, 6.07) is 12.3. The van der Waals surface area contributed by atoms with Gasteiger partial charge in [-0.25, -0.2) is 4.98 Å². The van der Waals surface area contributed by atoms with E-state index in [0.29, 0.717) is 33.9 Å². The number of aliphatic hydroxyl groups is 1. The second kappa shape index (κ2) is 7.23. The van der Waals surface area contributed by atoms with E-state index in [0.717, 1.165) is 0 Å². The monoisotopic (exact) mass is 341 g/mol. The Morgan fingerprint density at radius 3 is 2.68 bits per heavy atom. The lowest BCUT2D eigenvalue weighted by Crippen LogP contribution is -2.17. The maximum atomic E-state index is 12.0. The highest BCUT2D eigenvalue weighted by Crippen LogP contribution is 2.29. The van der Waals surface area contributed by atoms with Gasteiger partial charge in [0.2, 0.25) is 5.95 Å². The Kier molecular flexibility index (Phi) is 4.85. The van der Waals surface area contributed by atoms with E-state index in [-0.39, 0.29) is 12.1 Å². The molecule has 130 valence electrons. The quantitative estimate of drug-likeness (QED) is 0.635. The van der Waals surface area contributed by atoms with Crippen molar-refractivity contribution in [3.8, 4) is 11.5 Å². The summed E-state index contributed by atoms with van der Waals surface area (Å²) in [6.07, 6.45) is -0.809. The van der Waals surface area contributed by atoms with Gasteiger partial charge in [0.15, 0.2) is 11.5 Å². The number of ether oxygens (including phenoxy) is 2. The molecule has 1 atom stereocenters. The fourth-order valence-electron chi connectivity index (χ4n) is 2.54. The average molecular weight is 341 g/mol. The van der Waals surface area contributed by atoms with Crippen LogP contribution in [0.5, 0.6) is 11.5 Å². The minimum absolute atomic E-state index is 0.177. The number of para-hydroxylation sites is 1. The second-order valence-corrected chi connectivity index (χ2v) is 5.44. The highest BCUT2D eigenvalue weighted by Gasteiger charge is 2.12. The molecule has 1 aromatic heterocycles. The van der Waals surface area contributed by atoms with Gasteiger partial charge in [-0.1, -0.05) is 18.2 Å². The molecular formula is C18H19N3O4. The van der Waals surface area contributed by atoms with Gasteiger partial charge in [0.1, 0.15) is 0 Å². The molecule has 0 spiro atoms. The molecule has 0 radical (unpaired) electrons. The summed E-state index contributed by atoms with van der Waals surface area (Å²) in [7, 11) is 3.09. The number of nitrogens with one attached hydrogen (secondary N) is 2. The standard InChI is InChI=1S/C18H19N3O4/c1-24-15-8-7-11(9-16(15)25-2)14(22)10-19-18-20-13-6-4-3-5-12(13)17(23)21-18/h3-9,14,22H,10H2,1-2H3,(H2,19,20,21,23). The predicted octanol–water partition coefficient (Wildman–Crippen LogP) is 2.09. The lowest BCUT2D eigenvalue weighted by Gasteiger charge is -2.15. The number of H-pyrrole nitrogens is 1. The van der Waals surface area contributed by atoms with Crippen LogP contribution in [0.15, 0.2) is 47.3 Å². The number of aromatic nitrogens is 2. The normalized spacial score (nSPS) is 12.0. The van der Waals surface area contributed by atoms with Crippen molar-refractivity contribution in [2.45, 2.75) is 6.10 Å². The van der Waals surface area contributed by atoms with Crippen molar-refractivity contribution in [1.29, 1.82) is 0 Å². The molecule has 0 fully saturated rings. The number of nitrogens with zero attached hydrogens (tertiary/aromatic N) is 1. The molecule has 3 aromatic rings. The Balaban J connectivity index is 1.76. The van der Waals surface area contributed by atoms with Crippen molar-refractivity contribution < 1.29 is 14.6 Å². The predicted molar refractivity (Wildman–Crippen MR) is 95.4 cm³/mol. The zero-order chi connectivity index (χ0) is 17.8. The third-order valence-electron chi connectivity index (χ3n) is 3.87. The summed E-state index contributed by atoms with van der Waals surface area (Å²) in [6.45, 7) is 0.177. The van der Waals surface area contributed by atoms with Crippen LogP contribution in [0, 0.1) is 0 Å². The first-order chi connectivity index (χ1) is 12.1. The van der Waals surface area contributed by atoms with Crippen molar-refractivity contribution in [2.75, 3.05) is 26.1 Å². The maximum Gasteiger partial charge on any atom is 0.260 e. The number of aromatic amines is 1. The van der Waals surface area contributed by atoms with Crippen molar-refractivity contribution in [3.05, 3.63) is 58.4 Å². The fraction of sp³-hybridized carbons (Fsp3) is 0.222. The average Bonchev–Trinajstić information content (AvgIpc) is 2.65. The molecule has 1 unspecified atom stereocenters. The zero-order valence-electron chi connectivity index (χ0n) is 13.9. The van der Waals surface area contributed by atoms with Crippen molar-refractivity contribution in [3.63, 3.8) is 0 Å². The molecule has 3 rings (SSSR count). The largest absolute Gasteiger partial charge is 0.493 e. The van der Waals surface area contributed by atoms with Gasteiger partial charge in [-0.05, 0) is 29.8 Å². The minimum atomic E-state index is -0.809. The van der Waals surface area contributed by atoms with E-state index in [1.165, 1.54) is 7.11 Å². The summed E-state index contributed by atoms with van der Waals surface area (Å²) >= 11 is 0. The summed E-state index contributed by atoms with van der Waals surface area (Å²) < 4.78 is 10.4. The Morgan fingerprint density at radius 1 is 1.16 bits per heavy atom. The van der Waals surface area contributed by atoms with E-state index < -0.39 is 6.10 Å². The molecule has 1 heterocycles. The van der Waals surface area contributed by atoms with Crippen molar-refractivity contribution in [1.82, 2.24) is 9.97 Å². The van der Waals surface area contributed by atoms with E-state index in [4.69, 9.17) is 9.47 Å². The molecular weight excluding hydrogens is 322 g/mol. The first kappa shape index (κ1) is 16.8. The lowest BCUT2D eigenvalue weighted by molar-refractivity contribution is 0.190. The van der Waals surface area contributed by atoms with Crippen LogP contribution in [0.4, 0.5) is 5.95 Å². The summed E-state index contributed by atoms with van der Waals surface area (Å²) in [5.74, 6) is 1.44. The number of hydrogen-bond acceptors (Lipinski definition) is 6. The van der Waals surface area contributed by atoms with Crippen molar-refractivity contribution >= 4 is 16.9 Å². The van der Waals surface area contributed by atoms with Crippen LogP contribution in [0.2, 0.25) is 0 Å². The summed E-state index contributed by atoms with van der Waals surface area (Å²) in [5.41, 5.74) is 1.02. The number of aliphatic hydroxyl groups excluding tert-OH is 1. The van der Waals surface area contributed by atoms with Crippen LogP contribution < -0.4 is 20.3 Å². The second-order valence-electron chi connectivity index (χ2n) is 5.44. The van der Waals surface area contributed by atoms with Crippen LogP contribution in [0.3, 0.4) is 0 Å². The van der Waals surface area contributed by atoms with E-state index in [9.17, 15) is 9.90 Å². The SMILES string of the molecule is COc1ccc(C(O)CNc2nc3ccccc3c(=O)[nH]2)cc1OC. The molecule has 7 nitrogen and oxygen atoms in total. The number of anilines is 1. The summed E-state index contributed by atoms with van der Waals surface area (Å²) in [4.78, 5) is 19.0. The number of fused-ring (bicyclic) bond motifs is 1. The van der Waals surface area contributed by atoms with Gasteiger partial charge in [-0.15, -0.1) is 0 Å². The van der Waals surface area contributed by atoms with Crippen LogP contribution in [-0.2, 0) is 0 Å². The van der Waals surface area contributed by atoms with E-state index in [1.54, 1.807) is 43.5 Å². The van der Waals surface area contributed by atoms with Gasteiger partial charge in [0, 0.05) is 6.54 Å². The Bertz CT molecular complexity index is 939. The smallest absolute Gasteiger partial charge is 0.260 e. The van der Waals surface area contributed by atoms with E-state index in [2.05, 4.69) is 15.3 Å². The van der Waals surface area contributed by atoms with E-state index in [1.807, 2.05) is 6.07 Å². The van der Waals surface area contributed by atoms with Crippen LogP contribution >= 0.6 is 0 Å². The molecule has 0 saturated heterocycles. The molecule has 7 heteroatoms. The third-order valence-corrected chi connectivity index (χ3v) is 3.87. The molecule has 0 aliphatic carbocycles. The topological polar surface area (TPSA) is 96.5 Å². The Labute approximate surface area is 144 Å². The number of hydrogen-bond donors (Lipinski definition) is 3. The van der Waals surface area contributed by atoms with Gasteiger partial charge in [0.25, 0.3) is 5.56 Å². The van der Waals surface area contributed by atoms with Gasteiger partial charge in [-0.3, -0.25) is 9.78 Å². The molecule has 0 aliphatic rings. The van der Waals surface area contributed by atoms with Gasteiger partial charge in [-0.2, -0.15) is 0 Å². The highest BCUT2D eigenvalue weighted by atomic mass is 16.5. The number of benzene rings is 2. The number of rotatable bonds is 6. The molecule has 0 saturated carbocycles. The van der Waals surface area contributed by atoms with Gasteiger partial charge >= 0.3 is 0 Å². The fourth-order valence-corrected chi connectivity index (χ4v) is 2.54. The highest BCUT2D eigenvalue weighted by molar-refractivity contribution is 5.78. The molecule has 0 bridgehead atoms. The molecule has 3 N–H and O–H groups in total. The maximum absolute atomic E-state index is 12.0. The number of methoxy groups -OCH3 is 2. The molecule has 2 aromatic carbocycles. The molecule has 0 amide bonds. The Morgan fingerprint density at radius 2 is 1.92 bits per heavy atom. The van der Waals surface area contributed by atoms with E-state index >= 15 is 0 Å². The first-order valence-electron chi connectivity index (χ1n) is 7.75. The minimum Gasteiger partial charge on any atom is -0.493 e. The van der Waals surface area contributed by atoms with Crippen molar-refractivity contribution in [2.24, 2.45) is 0 Å². The lowest BCUT2D eigenvalue weighted by atomic mass is 10.1. The first-order valence-corrected chi connectivity index (χ1v) is 7.75. The summed E-state index contributed by atoms with van der Waals surface area (Å²) in [5, 5.41) is 13.8. The van der Waals surface area contributed by atoms with Crippen LogP contribution in [0.25, 0.3) is 10.9 Å². The third kappa shape index (κ3) is 3.56. The van der Waals surface area contributed by atoms with Crippen LogP contribution in [0.1, 0.15) is 11.7 Å². The Hall–Kier alpha value is -3.06. The molecule has 0 aliphatic heterocycles. The molecule has 25 heavy (non-hydrogen) atoms. The zero-order valence-corrected chi connectivity index (χ0v) is 13.9. The van der Waals surface area contributed by atoms with Crippen LogP contribution in [-0.4, -0.2) is 35.8 Å².